The third-order valence-electron chi connectivity index (χ3n) is 4.99. The summed E-state index contributed by atoms with van der Waals surface area (Å²) in [6, 6.07) is 9.79. The van der Waals surface area contributed by atoms with Gasteiger partial charge in [-0.25, -0.2) is 4.98 Å². The highest BCUT2D eigenvalue weighted by Gasteiger charge is 2.43. The zero-order valence-corrected chi connectivity index (χ0v) is 12.4. The second-order valence-electron chi connectivity index (χ2n) is 6.37. The molecule has 2 aliphatic rings. The molecule has 4 rings (SSSR count). The minimum absolute atomic E-state index is 0.0772. The molecule has 22 heavy (non-hydrogen) atoms. The molecule has 4 heteroatoms. The van der Waals surface area contributed by atoms with Crippen molar-refractivity contribution in [1.82, 2.24) is 4.98 Å². The van der Waals surface area contributed by atoms with Gasteiger partial charge in [0.1, 0.15) is 0 Å². The maximum absolute atomic E-state index is 12.2. The molecule has 2 aromatic rings. The van der Waals surface area contributed by atoms with Gasteiger partial charge in [0.2, 0.25) is 5.89 Å². The molecule has 0 saturated heterocycles. The zero-order chi connectivity index (χ0) is 14.9. The number of fused-ring (bicyclic) bond motifs is 2. The Bertz CT molecular complexity index is 664. The Labute approximate surface area is 129 Å². The average molecular weight is 297 g/mol. The number of nitrogens with zero attached hydrogens (tertiary/aromatic N) is 1. The Morgan fingerprint density at radius 2 is 2.09 bits per heavy atom. The van der Waals surface area contributed by atoms with Gasteiger partial charge in [0.25, 0.3) is 0 Å². The lowest BCUT2D eigenvalue weighted by Crippen LogP contribution is -2.23. The Kier molecular flexibility index (Phi) is 3.45. The lowest BCUT2D eigenvalue weighted by Gasteiger charge is -2.19. The first-order valence-corrected chi connectivity index (χ1v) is 7.96. The maximum Gasteiger partial charge on any atom is 0.309 e. The van der Waals surface area contributed by atoms with E-state index < -0.39 is 0 Å². The summed E-state index contributed by atoms with van der Waals surface area (Å²) in [5.74, 6) is 2.46. The molecule has 3 atom stereocenters. The van der Waals surface area contributed by atoms with E-state index in [4.69, 9.17) is 9.15 Å². The minimum Gasteiger partial charge on any atom is -0.455 e. The summed E-state index contributed by atoms with van der Waals surface area (Å²) in [6.07, 6.45) is 6.35. The van der Waals surface area contributed by atoms with Crippen molar-refractivity contribution in [2.45, 2.75) is 32.3 Å². The van der Waals surface area contributed by atoms with Crippen molar-refractivity contribution >= 4 is 5.97 Å². The van der Waals surface area contributed by atoms with Crippen LogP contribution in [0.5, 0.6) is 0 Å². The van der Waals surface area contributed by atoms with Crippen molar-refractivity contribution in [3.8, 4) is 11.3 Å². The molecule has 1 aromatic heterocycles. The summed E-state index contributed by atoms with van der Waals surface area (Å²) in [5.41, 5.74) is 0.973. The standard InChI is InChI=1S/C18H19NO3/c20-18(15-9-12-6-7-14(15)8-12)21-11-17-19-10-16(22-17)13-4-2-1-3-5-13/h1-5,10,12,14-15H,6-9,11H2. The molecule has 0 radical (unpaired) electrons. The van der Waals surface area contributed by atoms with Crippen LogP contribution in [0.4, 0.5) is 0 Å². The number of carbonyl (C=O) groups excluding carboxylic acids is 1. The van der Waals surface area contributed by atoms with Gasteiger partial charge >= 0.3 is 5.97 Å². The van der Waals surface area contributed by atoms with E-state index in [0.29, 0.717) is 17.6 Å². The SMILES string of the molecule is O=C(OCc1ncc(-c2ccccc2)o1)C1CC2CCC1C2. The van der Waals surface area contributed by atoms with E-state index in [-0.39, 0.29) is 18.5 Å². The molecule has 2 aliphatic carbocycles. The number of benzene rings is 1. The molecule has 1 heterocycles. The molecule has 0 spiro atoms. The van der Waals surface area contributed by atoms with Crippen LogP contribution in [0.1, 0.15) is 31.6 Å². The van der Waals surface area contributed by atoms with Gasteiger partial charge in [0.15, 0.2) is 12.4 Å². The number of rotatable bonds is 4. The lowest BCUT2D eigenvalue weighted by atomic mass is 9.89. The molecular weight excluding hydrogens is 278 g/mol. The Morgan fingerprint density at radius 1 is 1.23 bits per heavy atom. The molecule has 2 bridgehead atoms. The van der Waals surface area contributed by atoms with Gasteiger partial charge in [0.05, 0.1) is 12.1 Å². The molecule has 0 amide bonds. The molecule has 1 aromatic carbocycles. The molecule has 3 unspecified atom stereocenters. The van der Waals surface area contributed by atoms with Crippen LogP contribution in [0, 0.1) is 17.8 Å². The van der Waals surface area contributed by atoms with E-state index in [0.717, 1.165) is 17.9 Å². The third kappa shape index (κ3) is 2.54. The number of oxazole rings is 1. The Balaban J connectivity index is 1.36. The van der Waals surface area contributed by atoms with Crippen LogP contribution in [0.15, 0.2) is 40.9 Å². The van der Waals surface area contributed by atoms with E-state index in [2.05, 4.69) is 4.98 Å². The summed E-state index contributed by atoms with van der Waals surface area (Å²) in [7, 11) is 0. The minimum atomic E-state index is -0.0772. The summed E-state index contributed by atoms with van der Waals surface area (Å²) in [4.78, 5) is 16.4. The predicted molar refractivity (Wildman–Crippen MR) is 80.7 cm³/mol. The van der Waals surface area contributed by atoms with E-state index in [9.17, 15) is 4.79 Å². The molecule has 0 aliphatic heterocycles. The van der Waals surface area contributed by atoms with Crippen molar-refractivity contribution in [3.05, 3.63) is 42.4 Å². The van der Waals surface area contributed by atoms with E-state index in [1.54, 1.807) is 6.20 Å². The number of hydrogen-bond donors (Lipinski definition) is 0. The zero-order valence-electron chi connectivity index (χ0n) is 12.4. The topological polar surface area (TPSA) is 52.3 Å². The molecule has 0 N–H and O–H groups in total. The van der Waals surface area contributed by atoms with E-state index >= 15 is 0 Å². The van der Waals surface area contributed by atoms with Crippen LogP contribution < -0.4 is 0 Å². The number of aromatic nitrogens is 1. The molecule has 2 fully saturated rings. The maximum atomic E-state index is 12.2. The largest absolute Gasteiger partial charge is 0.455 e. The normalized spacial score (nSPS) is 26.3. The fraction of sp³-hybridized carbons (Fsp3) is 0.444. The molecular formula is C18H19NO3. The van der Waals surface area contributed by atoms with E-state index in [1.807, 2.05) is 30.3 Å². The van der Waals surface area contributed by atoms with Crippen molar-refractivity contribution in [1.29, 1.82) is 0 Å². The fourth-order valence-corrected chi connectivity index (χ4v) is 3.89. The Hall–Kier alpha value is -2.10. The third-order valence-corrected chi connectivity index (χ3v) is 4.99. The Morgan fingerprint density at radius 3 is 2.82 bits per heavy atom. The van der Waals surface area contributed by atoms with Gasteiger partial charge in [-0.3, -0.25) is 4.79 Å². The van der Waals surface area contributed by atoms with Crippen molar-refractivity contribution in [2.75, 3.05) is 0 Å². The van der Waals surface area contributed by atoms with Crippen LogP contribution in [0.25, 0.3) is 11.3 Å². The number of carbonyl (C=O) groups is 1. The van der Waals surface area contributed by atoms with Crippen LogP contribution in [0.2, 0.25) is 0 Å². The summed E-state index contributed by atoms with van der Waals surface area (Å²) >= 11 is 0. The molecule has 114 valence electrons. The second-order valence-corrected chi connectivity index (χ2v) is 6.37. The van der Waals surface area contributed by atoms with Crippen LogP contribution in [-0.2, 0) is 16.1 Å². The predicted octanol–water partition coefficient (Wildman–Crippen LogP) is 3.82. The van der Waals surface area contributed by atoms with Crippen LogP contribution in [-0.4, -0.2) is 11.0 Å². The van der Waals surface area contributed by atoms with Crippen molar-refractivity contribution in [2.24, 2.45) is 17.8 Å². The number of hydrogen-bond acceptors (Lipinski definition) is 4. The monoisotopic (exact) mass is 297 g/mol. The van der Waals surface area contributed by atoms with Gasteiger partial charge in [-0.05, 0) is 31.1 Å². The van der Waals surface area contributed by atoms with Crippen LogP contribution in [0.3, 0.4) is 0 Å². The number of esters is 1. The fourth-order valence-electron chi connectivity index (χ4n) is 3.89. The van der Waals surface area contributed by atoms with Crippen LogP contribution >= 0.6 is 0 Å². The highest BCUT2D eigenvalue weighted by Crippen LogP contribution is 2.48. The van der Waals surface area contributed by atoms with Gasteiger partial charge in [-0.2, -0.15) is 0 Å². The highest BCUT2D eigenvalue weighted by molar-refractivity contribution is 5.73. The van der Waals surface area contributed by atoms with Gasteiger partial charge in [0, 0.05) is 5.56 Å². The summed E-state index contributed by atoms with van der Waals surface area (Å²) < 4.78 is 11.1. The van der Waals surface area contributed by atoms with Crippen molar-refractivity contribution < 1.29 is 13.9 Å². The first-order valence-electron chi connectivity index (χ1n) is 7.96. The van der Waals surface area contributed by atoms with Crippen molar-refractivity contribution in [3.63, 3.8) is 0 Å². The quantitative estimate of drug-likeness (QED) is 0.805. The lowest BCUT2D eigenvalue weighted by molar-refractivity contribution is -0.152. The van der Waals surface area contributed by atoms with E-state index in [1.165, 1.54) is 19.3 Å². The smallest absolute Gasteiger partial charge is 0.309 e. The summed E-state index contributed by atoms with van der Waals surface area (Å²) in [6.45, 7) is 0.125. The van der Waals surface area contributed by atoms with Gasteiger partial charge in [-0.1, -0.05) is 36.8 Å². The first-order chi connectivity index (χ1) is 10.8. The number of ether oxygens (including phenoxy) is 1. The first kappa shape index (κ1) is 13.6. The molecule has 4 nitrogen and oxygen atoms in total. The highest BCUT2D eigenvalue weighted by atomic mass is 16.5. The average Bonchev–Trinajstić information content (AvgIpc) is 3.29. The van der Waals surface area contributed by atoms with Gasteiger partial charge < -0.3 is 9.15 Å². The summed E-state index contributed by atoms with van der Waals surface area (Å²) in [5, 5.41) is 0. The second kappa shape index (κ2) is 5.59. The van der Waals surface area contributed by atoms with Gasteiger partial charge in [-0.15, -0.1) is 0 Å². The molecule has 2 saturated carbocycles.